The van der Waals surface area contributed by atoms with Gasteiger partial charge in [-0.25, -0.2) is 0 Å². The van der Waals surface area contributed by atoms with Gasteiger partial charge in [0.2, 0.25) is 0 Å². The molecule has 2 saturated heterocycles. The number of aromatic nitrogens is 2. The number of amides is 1. The van der Waals surface area contributed by atoms with Gasteiger partial charge in [0.1, 0.15) is 0 Å². The van der Waals surface area contributed by atoms with Gasteiger partial charge in [-0.1, -0.05) is 6.92 Å². The molecule has 1 aromatic heterocycles. The fraction of sp³-hybridized carbons (Fsp3) is 0.765. The molecule has 1 aromatic rings. The summed E-state index contributed by atoms with van der Waals surface area (Å²) in [4.78, 5) is 17.7. The normalized spacial score (nSPS) is 28.5. The lowest BCUT2D eigenvalue weighted by atomic mass is 10.0. The second-order valence-corrected chi connectivity index (χ2v) is 6.93. The Morgan fingerprint density at radius 1 is 1.18 bits per heavy atom. The van der Waals surface area contributed by atoms with E-state index in [0.717, 1.165) is 45.2 Å². The predicted molar refractivity (Wildman–Crippen MR) is 84.9 cm³/mol. The van der Waals surface area contributed by atoms with Crippen molar-refractivity contribution >= 4 is 5.91 Å². The van der Waals surface area contributed by atoms with Crippen LogP contribution in [0.3, 0.4) is 0 Å². The number of aromatic amines is 1. The molecule has 0 aromatic carbocycles. The van der Waals surface area contributed by atoms with Gasteiger partial charge >= 0.3 is 0 Å². The second-order valence-electron chi connectivity index (χ2n) is 6.93. The minimum Gasteiger partial charge on any atom is -0.333 e. The largest absolute Gasteiger partial charge is 0.333 e. The van der Waals surface area contributed by atoms with Crippen LogP contribution in [0.2, 0.25) is 0 Å². The summed E-state index contributed by atoms with van der Waals surface area (Å²) in [7, 11) is 0. The van der Waals surface area contributed by atoms with Crippen molar-refractivity contribution < 1.29 is 4.79 Å². The number of fused-ring (bicyclic) bond motifs is 1. The summed E-state index contributed by atoms with van der Waals surface area (Å²) in [6.07, 6.45) is 8.01. The average molecular weight is 302 g/mol. The van der Waals surface area contributed by atoms with E-state index in [2.05, 4.69) is 26.9 Å². The number of carbonyl (C=O) groups is 1. The van der Waals surface area contributed by atoms with E-state index in [4.69, 9.17) is 0 Å². The first-order valence-corrected chi connectivity index (χ1v) is 8.90. The maximum Gasteiger partial charge on any atom is 0.274 e. The van der Waals surface area contributed by atoms with Crippen LogP contribution in [-0.2, 0) is 12.8 Å². The van der Waals surface area contributed by atoms with E-state index >= 15 is 0 Å². The highest BCUT2D eigenvalue weighted by Crippen LogP contribution is 2.32. The van der Waals surface area contributed by atoms with E-state index < -0.39 is 0 Å². The first-order chi connectivity index (χ1) is 10.8. The second kappa shape index (κ2) is 5.69. The van der Waals surface area contributed by atoms with E-state index in [0.29, 0.717) is 17.8 Å². The van der Waals surface area contributed by atoms with Gasteiger partial charge in [0.05, 0.1) is 0 Å². The molecule has 0 bridgehead atoms. The molecule has 0 unspecified atom stereocenters. The maximum atomic E-state index is 13.1. The topological polar surface area (TPSA) is 52.2 Å². The Balaban J connectivity index is 1.56. The number of hydrogen-bond acceptors (Lipinski definition) is 3. The summed E-state index contributed by atoms with van der Waals surface area (Å²) in [6.45, 7) is 5.43. The number of likely N-dealkylation sites (N-methyl/N-ethyl adjacent to an activating group) is 1. The number of aryl methyl sites for hydroxylation is 1. The molecule has 22 heavy (non-hydrogen) atoms. The molecule has 0 radical (unpaired) electrons. The van der Waals surface area contributed by atoms with Gasteiger partial charge in [-0.15, -0.1) is 0 Å². The Labute approximate surface area is 132 Å². The number of rotatable bonds is 3. The molecule has 2 fully saturated rings. The molecule has 0 saturated carbocycles. The number of H-pyrrole nitrogens is 1. The molecule has 5 heteroatoms. The molecule has 2 atom stereocenters. The fourth-order valence-electron chi connectivity index (χ4n) is 4.76. The molecule has 120 valence electrons. The van der Waals surface area contributed by atoms with Crippen LogP contribution in [0, 0.1) is 0 Å². The van der Waals surface area contributed by atoms with Crippen LogP contribution in [0.25, 0.3) is 0 Å². The predicted octanol–water partition coefficient (Wildman–Crippen LogP) is 1.99. The van der Waals surface area contributed by atoms with Crippen molar-refractivity contribution in [3.05, 3.63) is 17.0 Å². The highest BCUT2D eigenvalue weighted by molar-refractivity contribution is 5.94. The van der Waals surface area contributed by atoms with Crippen molar-refractivity contribution in [3.8, 4) is 0 Å². The lowest BCUT2D eigenvalue weighted by molar-refractivity contribution is 0.0643. The molecule has 3 aliphatic rings. The van der Waals surface area contributed by atoms with Crippen molar-refractivity contribution in [2.75, 3.05) is 19.6 Å². The summed E-state index contributed by atoms with van der Waals surface area (Å²) in [6, 6.07) is 0.951. The zero-order valence-electron chi connectivity index (χ0n) is 13.5. The zero-order chi connectivity index (χ0) is 15.1. The zero-order valence-corrected chi connectivity index (χ0v) is 13.5. The van der Waals surface area contributed by atoms with Gasteiger partial charge in [0.15, 0.2) is 5.69 Å². The van der Waals surface area contributed by atoms with Crippen LogP contribution in [0.4, 0.5) is 0 Å². The SMILES string of the molecule is CCN1CCC[C@@H]1[C@H]1CCCN1C(=O)c1n[nH]c2c1CCC2. The van der Waals surface area contributed by atoms with Gasteiger partial charge in [-0.05, 0) is 58.0 Å². The van der Waals surface area contributed by atoms with E-state index in [1.807, 2.05) is 0 Å². The van der Waals surface area contributed by atoms with Crippen LogP contribution in [0.5, 0.6) is 0 Å². The molecule has 1 N–H and O–H groups in total. The minimum absolute atomic E-state index is 0.171. The van der Waals surface area contributed by atoms with Crippen LogP contribution >= 0.6 is 0 Å². The number of nitrogens with zero attached hydrogens (tertiary/aromatic N) is 3. The highest BCUT2D eigenvalue weighted by Gasteiger charge is 2.40. The quantitative estimate of drug-likeness (QED) is 0.929. The molecular weight excluding hydrogens is 276 g/mol. The summed E-state index contributed by atoms with van der Waals surface area (Å²) in [5.41, 5.74) is 3.09. The summed E-state index contributed by atoms with van der Waals surface area (Å²) < 4.78 is 0. The number of hydrogen-bond donors (Lipinski definition) is 1. The number of likely N-dealkylation sites (tertiary alicyclic amines) is 2. The van der Waals surface area contributed by atoms with Gasteiger partial charge in [0, 0.05) is 29.9 Å². The third-order valence-electron chi connectivity index (χ3n) is 5.83. The van der Waals surface area contributed by atoms with Crippen LogP contribution in [0.1, 0.15) is 60.8 Å². The Bertz CT molecular complexity index is 567. The van der Waals surface area contributed by atoms with E-state index in [9.17, 15) is 4.79 Å². The molecule has 5 nitrogen and oxygen atoms in total. The van der Waals surface area contributed by atoms with Gasteiger partial charge < -0.3 is 4.90 Å². The molecule has 2 aliphatic heterocycles. The molecule has 3 heterocycles. The number of carbonyl (C=O) groups excluding carboxylic acids is 1. The minimum atomic E-state index is 0.171. The smallest absolute Gasteiger partial charge is 0.274 e. The average Bonchev–Trinajstić information content (AvgIpc) is 3.27. The van der Waals surface area contributed by atoms with Gasteiger partial charge in [-0.2, -0.15) is 5.10 Å². The standard InChI is InChI=1S/C17H26N4O/c1-2-20-10-4-8-14(20)15-9-5-11-21(15)17(22)16-12-6-3-7-13(12)18-19-16/h14-15H,2-11H2,1H3,(H,18,19)/t14-,15-/m1/s1. The third kappa shape index (κ3) is 2.18. The van der Waals surface area contributed by atoms with Crippen LogP contribution < -0.4 is 0 Å². The third-order valence-corrected chi connectivity index (χ3v) is 5.83. The fourth-order valence-corrected chi connectivity index (χ4v) is 4.76. The van der Waals surface area contributed by atoms with Gasteiger partial charge in [-0.3, -0.25) is 14.8 Å². The maximum absolute atomic E-state index is 13.1. The summed E-state index contributed by atoms with van der Waals surface area (Å²) in [5, 5.41) is 7.44. The monoisotopic (exact) mass is 302 g/mol. The van der Waals surface area contributed by atoms with E-state index in [1.54, 1.807) is 0 Å². The van der Waals surface area contributed by atoms with Crippen LogP contribution in [-0.4, -0.2) is 57.6 Å². The molecular formula is C17H26N4O. The van der Waals surface area contributed by atoms with Crippen molar-refractivity contribution in [1.82, 2.24) is 20.0 Å². The Morgan fingerprint density at radius 3 is 2.86 bits per heavy atom. The van der Waals surface area contributed by atoms with Crippen molar-refractivity contribution in [2.24, 2.45) is 0 Å². The molecule has 1 amide bonds. The van der Waals surface area contributed by atoms with Gasteiger partial charge in [0.25, 0.3) is 5.91 Å². The Morgan fingerprint density at radius 2 is 2.00 bits per heavy atom. The van der Waals surface area contributed by atoms with Crippen molar-refractivity contribution in [3.63, 3.8) is 0 Å². The summed E-state index contributed by atoms with van der Waals surface area (Å²) >= 11 is 0. The van der Waals surface area contributed by atoms with E-state index in [1.165, 1.54) is 30.6 Å². The first kappa shape index (κ1) is 14.2. The number of nitrogens with one attached hydrogen (secondary N) is 1. The highest BCUT2D eigenvalue weighted by atomic mass is 16.2. The molecule has 0 spiro atoms. The Hall–Kier alpha value is -1.36. The molecule has 4 rings (SSSR count). The molecule has 1 aliphatic carbocycles. The lowest BCUT2D eigenvalue weighted by Crippen LogP contribution is -2.48. The van der Waals surface area contributed by atoms with Crippen LogP contribution in [0.15, 0.2) is 0 Å². The first-order valence-electron chi connectivity index (χ1n) is 8.90. The lowest BCUT2D eigenvalue weighted by Gasteiger charge is -2.34. The van der Waals surface area contributed by atoms with Crippen molar-refractivity contribution in [1.29, 1.82) is 0 Å². The Kier molecular flexibility index (Phi) is 3.68. The summed E-state index contributed by atoms with van der Waals surface area (Å²) in [5.74, 6) is 0.171. The van der Waals surface area contributed by atoms with Crippen molar-refractivity contribution in [2.45, 2.75) is 64.0 Å². The van der Waals surface area contributed by atoms with E-state index in [-0.39, 0.29) is 5.91 Å².